The maximum absolute atomic E-state index is 15.5. The second-order valence-corrected chi connectivity index (χ2v) is 42.8. The number of piperazine rings is 2. The molecule has 3 saturated carbocycles. The normalized spacial score (nSPS) is 24.1. The van der Waals surface area contributed by atoms with Crippen molar-refractivity contribution in [2.45, 2.75) is 223 Å². The number of aromatic hydroxyl groups is 2. The molecule has 0 radical (unpaired) electrons. The van der Waals surface area contributed by atoms with Gasteiger partial charge in [-0.3, -0.25) is 33.4 Å². The summed E-state index contributed by atoms with van der Waals surface area (Å²) in [6.07, 6.45) is 24.1. The highest BCUT2D eigenvalue weighted by molar-refractivity contribution is 5.95. The predicted molar refractivity (Wildman–Crippen MR) is 542 cm³/mol. The van der Waals surface area contributed by atoms with Crippen LogP contribution in [0.3, 0.4) is 0 Å². The molecule has 10 aliphatic rings. The van der Waals surface area contributed by atoms with Gasteiger partial charge in [0.1, 0.15) is 35.7 Å². The van der Waals surface area contributed by atoms with E-state index in [1.54, 1.807) is 42.6 Å². The smallest absolute Gasteiger partial charge is 0.246 e. The topological polar surface area (TPSA) is 399 Å². The summed E-state index contributed by atoms with van der Waals surface area (Å²) < 4.78 is 1.87. The number of phenols is 2. The van der Waals surface area contributed by atoms with E-state index in [0.29, 0.717) is 91.4 Å². The fourth-order valence-corrected chi connectivity index (χ4v) is 23.6. The molecule has 3 aliphatic carbocycles. The van der Waals surface area contributed by atoms with E-state index in [1.165, 1.54) is 20.9 Å². The molecule has 7 aliphatic heterocycles. The summed E-state index contributed by atoms with van der Waals surface area (Å²) in [4.78, 5) is 123. The van der Waals surface area contributed by atoms with E-state index in [9.17, 15) is 44.4 Å². The number of rotatable bonds is 25. The lowest BCUT2D eigenvalue weighted by molar-refractivity contribution is -0.145. The Bertz CT molecular complexity index is 6300. The van der Waals surface area contributed by atoms with Crippen molar-refractivity contribution in [3.8, 4) is 68.7 Å². The van der Waals surface area contributed by atoms with Crippen molar-refractivity contribution in [2.24, 2.45) is 28.1 Å². The number of nitrogens with zero attached hydrogens (tertiary/aromatic N) is 17. The molecule has 8 fully saturated rings. The number of piperidine rings is 1. The van der Waals surface area contributed by atoms with E-state index in [-0.39, 0.29) is 85.1 Å². The fraction of sp³-hybridized carbons (Fsp3) is 0.477. The number of carbonyl (C=O) groups excluding carboxylic acids is 6. The molecule has 6 amide bonds. The zero-order valence-electron chi connectivity index (χ0n) is 81.7. The molecule has 740 valence electrons. The van der Waals surface area contributed by atoms with Crippen molar-refractivity contribution in [3.63, 3.8) is 0 Å². The maximum atomic E-state index is 15.5. The molecule has 5 saturated heterocycles. The Hall–Kier alpha value is -13.7. The zero-order chi connectivity index (χ0) is 98.4. The second-order valence-electron chi connectivity index (χ2n) is 42.8. The molecule has 20 rings (SSSR count). The standard InChI is InChI=1S/C109H129N23O10/c1-8-67-17-19-68(20-18-67)55-112-101(139)91-49-82(133)64-130(91)104(142)96(120-99(137)75-31-27-71(28-32-75)70-23-25-72(26-24-70)77-56-113-105(114-57-77)126-45-47-128-80(62-126)60-110-97-89(128)51-86(121-123-97)84-13-9-11-15-93(84)135)108(6,7)40-44-132-88(35-41-117-132)74-29-21-69(22-30-74)66(2)118-102(140)92-50-83(134)65-131(92)103(141)95(107(3,4)5)119-100(138)76-33-38-109(39-34-76)53-79(54-109)125-42-36-73(37-43-125)78-58-115-106(116-59-78)127-46-48-129-81(63-127)61-111-98-90(129)52-87(122-124-98)85-14-10-12-16-94(85)136/h1,9-26,29-30,35,41,51-52,56-59,66,71,73,75-76,79-83,91-92,95-96,133-136H,27-28,31-34,36-40,42-50,53-55,60-65H2,2-7H3,(H,110,123)(H,111,124)(H,112,139)(H,118,140)(H,119,138)(H,120,137)/t66-,71?,75?,76?,79?,80-,81-,82+,83+,91-,92-,95+,96+,109?/m0/s1. The van der Waals surface area contributed by atoms with Crippen LogP contribution in [-0.4, -0.2) is 254 Å². The summed E-state index contributed by atoms with van der Waals surface area (Å²) in [5, 5.41) is 85.7. The van der Waals surface area contributed by atoms with Gasteiger partial charge in [0, 0.05) is 162 Å². The molecule has 10 N–H and O–H groups in total. The molecule has 0 unspecified atom stereocenters. The lowest BCUT2D eigenvalue weighted by Crippen LogP contribution is -2.59. The summed E-state index contributed by atoms with van der Waals surface area (Å²) in [7, 11) is 0. The van der Waals surface area contributed by atoms with E-state index in [0.717, 1.165) is 172 Å². The quantitative estimate of drug-likeness (QED) is 0.0238. The van der Waals surface area contributed by atoms with Crippen LogP contribution in [0.1, 0.15) is 184 Å². The average molecular weight is 1920 g/mol. The third kappa shape index (κ3) is 20.2. The molecule has 10 aromatic rings. The van der Waals surface area contributed by atoms with Gasteiger partial charge in [-0.1, -0.05) is 125 Å². The van der Waals surface area contributed by atoms with E-state index < -0.39 is 82.8 Å². The molecular formula is C109H129N23O10. The average Bonchev–Trinajstić information content (AvgIpc) is 0.790. The molecule has 33 nitrogen and oxygen atoms in total. The number of aliphatic hydroxyl groups is 2. The van der Waals surface area contributed by atoms with Crippen LogP contribution < -0.4 is 51.5 Å². The number of fused-ring (bicyclic) bond motifs is 6. The van der Waals surface area contributed by atoms with Crippen LogP contribution in [0.25, 0.3) is 44.9 Å². The van der Waals surface area contributed by atoms with Gasteiger partial charge in [-0.05, 0) is 220 Å². The first kappa shape index (κ1) is 95.8. The first-order valence-corrected chi connectivity index (χ1v) is 50.8. The van der Waals surface area contributed by atoms with Crippen molar-refractivity contribution in [3.05, 3.63) is 198 Å². The van der Waals surface area contributed by atoms with Crippen LogP contribution in [0.4, 0.5) is 34.9 Å². The van der Waals surface area contributed by atoms with Crippen molar-refractivity contribution >= 4 is 70.4 Å². The summed E-state index contributed by atoms with van der Waals surface area (Å²) in [5.41, 5.74) is 11.1. The molecule has 5 aromatic carbocycles. The van der Waals surface area contributed by atoms with E-state index >= 15 is 4.79 Å². The summed E-state index contributed by atoms with van der Waals surface area (Å²) in [6.45, 7) is 19.8. The number of phenolic OH excluding ortho intramolecular Hbond substituents is 2. The Labute approximate surface area is 828 Å². The van der Waals surface area contributed by atoms with Crippen LogP contribution in [-0.2, 0) is 41.9 Å². The van der Waals surface area contributed by atoms with Gasteiger partial charge in [0.2, 0.25) is 47.3 Å². The largest absolute Gasteiger partial charge is 0.507 e. The number of aliphatic hydroxyl groups excluding tert-OH is 2. The lowest BCUT2D eigenvalue weighted by Gasteiger charge is -2.55. The number of anilines is 6. The number of aromatic nitrogens is 10. The number of carbonyl (C=O) groups is 6. The van der Waals surface area contributed by atoms with Crippen LogP contribution in [0.5, 0.6) is 11.5 Å². The number of para-hydroxylation sites is 2. The number of β-amino-alcohol motifs (C(OH)–C–C–N with tert-alkyl or cyclic N) is 2. The monoisotopic (exact) mass is 1920 g/mol. The lowest BCUT2D eigenvalue weighted by atomic mass is 9.56. The number of hydrogen-bond donors (Lipinski definition) is 10. The number of nitrogens with one attached hydrogen (secondary N) is 6. The molecular weight excluding hydrogens is 1790 g/mol. The highest BCUT2D eigenvalue weighted by Gasteiger charge is 2.53. The minimum absolute atomic E-state index is 0.0194. The van der Waals surface area contributed by atoms with Crippen molar-refractivity contribution < 1.29 is 49.2 Å². The Morgan fingerprint density at radius 3 is 1.61 bits per heavy atom. The van der Waals surface area contributed by atoms with Gasteiger partial charge in [0.15, 0.2) is 11.6 Å². The number of terminal acetylenes is 1. The highest BCUT2D eigenvalue weighted by Crippen LogP contribution is 2.56. The molecule has 33 heteroatoms. The molecule has 5 aromatic heterocycles. The Morgan fingerprint density at radius 2 is 1.05 bits per heavy atom. The number of aryl methyl sites for hydroxylation is 1. The van der Waals surface area contributed by atoms with Crippen molar-refractivity contribution in [2.75, 3.05) is 109 Å². The van der Waals surface area contributed by atoms with Crippen LogP contribution >= 0.6 is 0 Å². The van der Waals surface area contributed by atoms with Gasteiger partial charge in [-0.25, -0.2) is 19.9 Å². The molecule has 142 heavy (non-hydrogen) atoms. The van der Waals surface area contributed by atoms with Gasteiger partial charge in [0.05, 0.1) is 58.8 Å². The minimum atomic E-state index is -1.11. The minimum Gasteiger partial charge on any atom is -0.507 e. The molecule has 9 atom stereocenters. The second kappa shape index (κ2) is 40.4. The molecule has 1 spiro atoms. The summed E-state index contributed by atoms with van der Waals surface area (Å²) >= 11 is 0. The van der Waals surface area contributed by atoms with Crippen LogP contribution in [0.15, 0.2) is 171 Å². The van der Waals surface area contributed by atoms with E-state index in [2.05, 4.69) is 107 Å². The van der Waals surface area contributed by atoms with Crippen LogP contribution in [0.2, 0.25) is 0 Å². The van der Waals surface area contributed by atoms with Crippen molar-refractivity contribution in [1.29, 1.82) is 0 Å². The fourth-order valence-electron chi connectivity index (χ4n) is 23.6. The summed E-state index contributed by atoms with van der Waals surface area (Å²) in [6, 6.07) is 40.1. The highest BCUT2D eigenvalue weighted by atomic mass is 16.3. The third-order valence-electron chi connectivity index (χ3n) is 32.2. The van der Waals surface area contributed by atoms with Gasteiger partial charge < -0.3 is 86.6 Å². The number of benzene rings is 5. The maximum Gasteiger partial charge on any atom is 0.246 e. The first-order chi connectivity index (χ1) is 68.6. The number of likely N-dealkylation sites (tertiary alicyclic amines) is 3. The van der Waals surface area contributed by atoms with Gasteiger partial charge in [0.25, 0.3) is 0 Å². The zero-order valence-corrected chi connectivity index (χ0v) is 81.7. The van der Waals surface area contributed by atoms with Gasteiger partial charge in [-0.2, -0.15) is 5.10 Å². The van der Waals surface area contributed by atoms with Gasteiger partial charge in [-0.15, -0.1) is 26.8 Å². The van der Waals surface area contributed by atoms with E-state index in [4.69, 9.17) is 31.5 Å². The first-order valence-electron chi connectivity index (χ1n) is 50.8. The Kier molecular flexibility index (Phi) is 27.2. The molecule has 12 heterocycles. The van der Waals surface area contributed by atoms with Gasteiger partial charge >= 0.3 is 0 Å². The number of amides is 6. The van der Waals surface area contributed by atoms with E-state index in [1.807, 2.05) is 150 Å². The van der Waals surface area contributed by atoms with Crippen molar-refractivity contribution in [1.82, 2.24) is 86.1 Å². The SMILES string of the molecule is C#Cc1ccc(CNC(=O)[C@@H]2C[C@@H](O)CN2C(=O)[C@@H](NC(=O)C2CCC(c3ccc(-c4cnc(N5CCN6c7cc(-c8ccccc8O)nnc7NC[C@H]6C5)nc4)cc3)CC2)C(C)(C)CCn2nccc2-c2ccc([C@H](C)NC(=O)[C@@H]3C[C@@H](O)CN3C(=O)[C@@H](NC(=O)C3CCC4(CC3)CC(N3CCC(c5cnc(N6CCN7c8cc(-c9ccccc9O)nnc8NC[C@H]7C6)nc5)CC3)C4)C(C)(C)C)cc2)cc1. The Balaban J connectivity index is 0.423. The number of hydrogen-bond acceptors (Lipinski definition) is 26. The predicted octanol–water partition coefficient (Wildman–Crippen LogP) is 11.4. The Morgan fingerprint density at radius 1 is 0.528 bits per heavy atom. The molecule has 0 bridgehead atoms. The van der Waals surface area contributed by atoms with Crippen LogP contribution in [0, 0.1) is 40.4 Å². The summed E-state index contributed by atoms with van der Waals surface area (Å²) in [5.74, 6) is 3.67. The third-order valence-corrected chi connectivity index (χ3v) is 32.2.